The number of amides is 2. The van der Waals surface area contributed by atoms with Crippen LogP contribution in [0.15, 0.2) is 30.3 Å². The summed E-state index contributed by atoms with van der Waals surface area (Å²) in [5.41, 5.74) is 1.10. The third-order valence-corrected chi connectivity index (χ3v) is 5.73. The molecule has 0 aromatic heterocycles. The molecule has 1 saturated heterocycles. The van der Waals surface area contributed by atoms with Crippen molar-refractivity contribution in [2.75, 3.05) is 20.8 Å². The Bertz CT molecular complexity index is 1170. The van der Waals surface area contributed by atoms with Crippen molar-refractivity contribution in [3.63, 3.8) is 0 Å². The first-order valence-electron chi connectivity index (χ1n) is 9.86. The van der Waals surface area contributed by atoms with E-state index in [1.54, 1.807) is 24.3 Å². The van der Waals surface area contributed by atoms with E-state index < -0.39 is 17.8 Å². The molecule has 4 rings (SSSR count). The van der Waals surface area contributed by atoms with Gasteiger partial charge >= 0.3 is 0 Å². The zero-order valence-electron chi connectivity index (χ0n) is 17.8. The number of hydrogen-bond acceptors (Lipinski definition) is 6. The Hall–Kier alpha value is -3.25. The largest absolute Gasteiger partial charge is 0.497 e. The summed E-state index contributed by atoms with van der Waals surface area (Å²) >= 11 is 6.17. The Morgan fingerprint density at radius 2 is 2.03 bits per heavy atom. The van der Waals surface area contributed by atoms with Crippen LogP contribution >= 0.6 is 11.6 Å². The van der Waals surface area contributed by atoms with E-state index in [1.807, 2.05) is 13.0 Å². The molecule has 2 aliphatic rings. The van der Waals surface area contributed by atoms with Crippen molar-refractivity contribution in [3.8, 4) is 23.3 Å². The number of aliphatic hydroxyl groups is 1. The maximum atomic E-state index is 13.0. The number of hydrogen-bond donors (Lipinski definition) is 3. The molecule has 2 unspecified atom stereocenters. The average Bonchev–Trinajstić information content (AvgIpc) is 3.21. The average molecular weight is 456 g/mol. The molecule has 166 valence electrons. The van der Waals surface area contributed by atoms with Crippen molar-refractivity contribution >= 4 is 23.4 Å². The van der Waals surface area contributed by atoms with Gasteiger partial charge in [-0.05, 0) is 42.3 Å². The first kappa shape index (κ1) is 22.0. The summed E-state index contributed by atoms with van der Waals surface area (Å²) in [5.74, 6) is 6.22. The summed E-state index contributed by atoms with van der Waals surface area (Å²) in [6, 6.07) is 8.66. The van der Waals surface area contributed by atoms with Gasteiger partial charge in [0.05, 0.1) is 26.3 Å². The van der Waals surface area contributed by atoms with Crippen LogP contribution in [0.2, 0.25) is 5.02 Å². The highest BCUT2D eigenvalue weighted by Crippen LogP contribution is 2.30. The van der Waals surface area contributed by atoms with E-state index in [1.165, 1.54) is 19.1 Å². The molecule has 0 spiro atoms. The zero-order chi connectivity index (χ0) is 23.0. The van der Waals surface area contributed by atoms with Gasteiger partial charge in [0.1, 0.15) is 11.5 Å². The molecular weight excluding hydrogens is 434 g/mol. The van der Waals surface area contributed by atoms with Crippen LogP contribution in [-0.4, -0.2) is 54.5 Å². The summed E-state index contributed by atoms with van der Waals surface area (Å²) < 4.78 is 10.6. The Kier molecular flexibility index (Phi) is 5.73. The lowest BCUT2D eigenvalue weighted by atomic mass is 9.98. The summed E-state index contributed by atoms with van der Waals surface area (Å²) in [6.07, 6.45) is -1.29. The van der Waals surface area contributed by atoms with Crippen molar-refractivity contribution in [2.45, 2.75) is 25.4 Å². The molecule has 2 aliphatic heterocycles. The number of ether oxygens (including phenoxy) is 2. The van der Waals surface area contributed by atoms with E-state index in [0.717, 1.165) is 11.1 Å². The molecule has 2 aromatic carbocycles. The van der Waals surface area contributed by atoms with Crippen LogP contribution in [0, 0.1) is 18.8 Å². The molecule has 1 fully saturated rings. The lowest BCUT2D eigenvalue weighted by molar-refractivity contribution is -0.123. The molecule has 9 heteroatoms. The van der Waals surface area contributed by atoms with Crippen molar-refractivity contribution in [3.05, 3.63) is 57.6 Å². The first-order chi connectivity index (χ1) is 15.3. The highest BCUT2D eigenvalue weighted by atomic mass is 35.5. The maximum Gasteiger partial charge on any atom is 0.257 e. The number of carbonyl (C=O) groups is 2. The minimum absolute atomic E-state index is 0.0689. The molecular formula is C23H22ClN3O5. The van der Waals surface area contributed by atoms with Crippen LogP contribution in [0.25, 0.3) is 0 Å². The van der Waals surface area contributed by atoms with E-state index in [4.69, 9.17) is 21.1 Å². The van der Waals surface area contributed by atoms with Gasteiger partial charge in [0.15, 0.2) is 11.9 Å². The van der Waals surface area contributed by atoms with Gasteiger partial charge in [0.25, 0.3) is 11.8 Å². The van der Waals surface area contributed by atoms with Gasteiger partial charge in [0.2, 0.25) is 0 Å². The molecule has 0 saturated carbocycles. The van der Waals surface area contributed by atoms with Crippen LogP contribution in [0.3, 0.4) is 0 Å². The predicted molar refractivity (Wildman–Crippen MR) is 117 cm³/mol. The van der Waals surface area contributed by atoms with E-state index in [-0.39, 0.29) is 12.5 Å². The molecule has 0 radical (unpaired) electrons. The normalized spacial score (nSPS) is 21.7. The number of benzene rings is 2. The number of methoxy groups -OCH3 is 2. The van der Waals surface area contributed by atoms with Gasteiger partial charge in [-0.3, -0.25) is 9.59 Å². The molecule has 2 atom stereocenters. The van der Waals surface area contributed by atoms with E-state index in [0.29, 0.717) is 34.2 Å². The fourth-order valence-corrected chi connectivity index (χ4v) is 4.25. The lowest BCUT2D eigenvalue weighted by Gasteiger charge is -2.27. The fourth-order valence-electron chi connectivity index (χ4n) is 3.98. The summed E-state index contributed by atoms with van der Waals surface area (Å²) in [5, 5.41) is 15.7. The van der Waals surface area contributed by atoms with Crippen LogP contribution in [-0.2, 0) is 11.3 Å². The van der Waals surface area contributed by atoms with E-state index in [9.17, 15) is 14.7 Å². The van der Waals surface area contributed by atoms with Crippen LogP contribution in [0.5, 0.6) is 11.5 Å². The third-order valence-electron chi connectivity index (χ3n) is 5.52. The third kappa shape index (κ3) is 3.86. The van der Waals surface area contributed by atoms with Gasteiger partial charge < -0.3 is 24.8 Å². The fraction of sp³-hybridized carbons (Fsp3) is 0.304. The topological polar surface area (TPSA) is 100 Å². The number of rotatable bonds is 4. The monoisotopic (exact) mass is 455 g/mol. The quantitative estimate of drug-likeness (QED) is 0.603. The van der Waals surface area contributed by atoms with Gasteiger partial charge in [-0.1, -0.05) is 29.5 Å². The summed E-state index contributed by atoms with van der Waals surface area (Å²) in [6.45, 7) is 2.08. The summed E-state index contributed by atoms with van der Waals surface area (Å²) in [7, 11) is 3.05. The molecule has 0 aliphatic carbocycles. The molecule has 32 heavy (non-hydrogen) atoms. The predicted octanol–water partition coefficient (Wildman–Crippen LogP) is 1.41. The Labute approximate surface area is 190 Å². The van der Waals surface area contributed by atoms with Crippen LogP contribution < -0.4 is 20.1 Å². The number of nitrogens with zero attached hydrogens (tertiary/aromatic N) is 1. The lowest BCUT2D eigenvalue weighted by Crippen LogP contribution is -2.54. The highest BCUT2D eigenvalue weighted by molar-refractivity contribution is 6.30. The van der Waals surface area contributed by atoms with Crippen molar-refractivity contribution in [2.24, 2.45) is 0 Å². The molecule has 3 N–H and O–H groups in total. The molecule has 2 aromatic rings. The second-order valence-electron chi connectivity index (χ2n) is 7.66. The zero-order valence-corrected chi connectivity index (χ0v) is 18.5. The van der Waals surface area contributed by atoms with Crippen molar-refractivity contribution < 1.29 is 24.2 Å². The second-order valence-corrected chi connectivity index (χ2v) is 8.10. The second kappa shape index (κ2) is 8.36. The number of nitrogens with one attached hydrogen (secondary N) is 2. The Morgan fingerprint density at radius 1 is 1.25 bits per heavy atom. The van der Waals surface area contributed by atoms with Crippen molar-refractivity contribution in [1.29, 1.82) is 0 Å². The number of aliphatic hydroxyl groups excluding tert-OH is 1. The Morgan fingerprint density at radius 3 is 2.69 bits per heavy atom. The van der Waals surface area contributed by atoms with Crippen molar-refractivity contribution in [1.82, 2.24) is 15.5 Å². The van der Waals surface area contributed by atoms with E-state index >= 15 is 0 Å². The SMILES string of the molecule is COc1ccc2c(c1)C(=O)N(CC1(C#Cc3cc(Cl)cc(C)c3OC)NC(O)NC1=O)C2. The van der Waals surface area contributed by atoms with Crippen LogP contribution in [0.4, 0.5) is 0 Å². The van der Waals surface area contributed by atoms with Crippen LogP contribution in [0.1, 0.15) is 27.0 Å². The highest BCUT2D eigenvalue weighted by Gasteiger charge is 2.48. The van der Waals surface area contributed by atoms with Gasteiger partial charge in [-0.2, -0.15) is 0 Å². The minimum atomic E-state index is -1.53. The molecule has 8 nitrogen and oxygen atoms in total. The first-order valence-corrected chi connectivity index (χ1v) is 10.2. The summed E-state index contributed by atoms with van der Waals surface area (Å²) in [4.78, 5) is 27.4. The number of carbonyl (C=O) groups excluding carboxylic acids is 2. The minimum Gasteiger partial charge on any atom is -0.497 e. The molecule has 2 heterocycles. The molecule has 2 amide bonds. The molecule has 0 bridgehead atoms. The number of aryl methyl sites for hydroxylation is 1. The van der Waals surface area contributed by atoms with Gasteiger partial charge in [0, 0.05) is 17.1 Å². The van der Waals surface area contributed by atoms with E-state index in [2.05, 4.69) is 22.5 Å². The maximum absolute atomic E-state index is 13.0. The smallest absolute Gasteiger partial charge is 0.257 e. The standard InChI is InChI=1S/C23H22ClN3O5/c1-13-8-16(24)9-14(19(13)32-3)6-7-23(21(29)25-22(30)26-23)12-27-11-15-4-5-17(31-2)10-18(15)20(27)28/h4-5,8-10,22,26,30H,11-12H2,1-3H3,(H,25,29). The Balaban J connectivity index is 1.69. The van der Waals surface area contributed by atoms with Gasteiger partial charge in [-0.15, -0.1) is 0 Å². The number of halogens is 1. The number of fused-ring (bicyclic) bond motifs is 1. The van der Waals surface area contributed by atoms with Gasteiger partial charge in [-0.25, -0.2) is 5.32 Å².